The van der Waals surface area contributed by atoms with Gasteiger partial charge >= 0.3 is 5.97 Å². The minimum absolute atomic E-state index is 0.00797. The van der Waals surface area contributed by atoms with Crippen molar-refractivity contribution in [2.45, 2.75) is 39.2 Å². The lowest BCUT2D eigenvalue weighted by molar-refractivity contribution is -0.145. The summed E-state index contributed by atoms with van der Waals surface area (Å²) in [6, 6.07) is 18.9. The van der Waals surface area contributed by atoms with Crippen molar-refractivity contribution in [3.8, 4) is 11.1 Å². The van der Waals surface area contributed by atoms with Gasteiger partial charge in [0.2, 0.25) is 0 Å². The van der Waals surface area contributed by atoms with Crippen LogP contribution in [0, 0.1) is 0 Å². The summed E-state index contributed by atoms with van der Waals surface area (Å²) in [5.41, 5.74) is 3.89. The highest BCUT2D eigenvalue weighted by atomic mass is 16.5. The van der Waals surface area contributed by atoms with E-state index >= 15 is 0 Å². The zero-order valence-electron chi connectivity index (χ0n) is 12.7. The molecule has 2 heteroatoms. The molecule has 0 aromatic heterocycles. The maximum absolute atomic E-state index is 10.9. The molecule has 2 nitrogen and oxygen atoms in total. The second-order valence-corrected chi connectivity index (χ2v) is 5.34. The third-order valence-electron chi connectivity index (χ3n) is 3.53. The number of esters is 1. The van der Waals surface area contributed by atoms with Crippen molar-refractivity contribution in [2.75, 3.05) is 0 Å². The van der Waals surface area contributed by atoms with Crippen LogP contribution in [0.5, 0.6) is 0 Å². The molecular weight excluding hydrogens is 260 g/mol. The highest BCUT2D eigenvalue weighted by molar-refractivity contribution is 5.67. The van der Waals surface area contributed by atoms with Gasteiger partial charge in [-0.05, 0) is 42.9 Å². The van der Waals surface area contributed by atoms with E-state index in [1.807, 2.05) is 13.0 Å². The summed E-state index contributed by atoms with van der Waals surface area (Å²) in [6.45, 7) is 3.41. The van der Waals surface area contributed by atoms with E-state index in [1.54, 1.807) is 0 Å². The lowest BCUT2D eigenvalue weighted by Crippen LogP contribution is -2.12. The van der Waals surface area contributed by atoms with Crippen LogP contribution in [-0.2, 0) is 16.0 Å². The minimum Gasteiger partial charge on any atom is -0.463 e. The lowest BCUT2D eigenvalue weighted by Gasteiger charge is -2.13. The van der Waals surface area contributed by atoms with Crippen molar-refractivity contribution in [2.24, 2.45) is 0 Å². The zero-order valence-corrected chi connectivity index (χ0v) is 12.7. The fourth-order valence-corrected chi connectivity index (χ4v) is 2.56. The Kier molecular flexibility index (Phi) is 5.56. The Morgan fingerprint density at radius 1 is 1.05 bits per heavy atom. The molecule has 0 saturated carbocycles. The fraction of sp³-hybridized carbons (Fsp3) is 0.316. The molecule has 1 unspecified atom stereocenters. The molecule has 0 N–H and O–H groups in total. The number of rotatable bonds is 6. The third kappa shape index (κ3) is 4.75. The van der Waals surface area contributed by atoms with Crippen LogP contribution in [0.3, 0.4) is 0 Å². The predicted molar refractivity (Wildman–Crippen MR) is 86.0 cm³/mol. The Hall–Kier alpha value is -2.09. The first-order chi connectivity index (χ1) is 10.2. The Bertz CT molecular complexity index is 575. The summed E-state index contributed by atoms with van der Waals surface area (Å²) in [5.74, 6) is -0.202. The number of ether oxygens (including phenoxy) is 1. The Balaban J connectivity index is 2.00. The average Bonchev–Trinajstić information content (AvgIpc) is 2.48. The normalized spacial score (nSPS) is 11.9. The molecule has 0 heterocycles. The number of carbonyl (C=O) groups is 1. The van der Waals surface area contributed by atoms with Crippen LogP contribution in [0.1, 0.15) is 32.3 Å². The number of hydrogen-bond donors (Lipinski definition) is 0. The third-order valence-corrected chi connectivity index (χ3v) is 3.53. The smallest absolute Gasteiger partial charge is 0.302 e. The Morgan fingerprint density at radius 3 is 2.43 bits per heavy atom. The van der Waals surface area contributed by atoms with Gasteiger partial charge in [0, 0.05) is 6.92 Å². The molecule has 0 radical (unpaired) electrons. The standard InChI is InChI=1S/C19H22O2/c1-15(21-16(2)20)9-8-13-18-12-6-7-14-19(18)17-10-4-3-5-11-17/h3-7,10-12,14-15H,8-9,13H2,1-2H3. The van der Waals surface area contributed by atoms with Gasteiger partial charge in [0.1, 0.15) is 0 Å². The molecular formula is C19H22O2. The van der Waals surface area contributed by atoms with Crippen LogP contribution in [0.25, 0.3) is 11.1 Å². The van der Waals surface area contributed by atoms with Gasteiger partial charge in [-0.15, -0.1) is 0 Å². The molecule has 110 valence electrons. The highest BCUT2D eigenvalue weighted by Crippen LogP contribution is 2.24. The average molecular weight is 282 g/mol. The first kappa shape index (κ1) is 15.3. The molecule has 0 fully saturated rings. The van der Waals surface area contributed by atoms with E-state index in [2.05, 4.69) is 48.5 Å². The van der Waals surface area contributed by atoms with E-state index in [0.717, 1.165) is 19.3 Å². The maximum atomic E-state index is 10.9. The van der Waals surface area contributed by atoms with Crippen molar-refractivity contribution < 1.29 is 9.53 Å². The molecule has 2 aromatic carbocycles. The van der Waals surface area contributed by atoms with E-state index in [-0.39, 0.29) is 12.1 Å². The van der Waals surface area contributed by atoms with Gasteiger partial charge < -0.3 is 4.74 Å². The van der Waals surface area contributed by atoms with Gasteiger partial charge in [0.05, 0.1) is 6.10 Å². The topological polar surface area (TPSA) is 26.3 Å². The van der Waals surface area contributed by atoms with E-state index in [4.69, 9.17) is 4.74 Å². The molecule has 1 atom stereocenters. The van der Waals surface area contributed by atoms with E-state index < -0.39 is 0 Å². The van der Waals surface area contributed by atoms with Crippen LogP contribution in [0.2, 0.25) is 0 Å². The van der Waals surface area contributed by atoms with E-state index in [0.29, 0.717) is 0 Å². The fourth-order valence-electron chi connectivity index (χ4n) is 2.56. The second-order valence-electron chi connectivity index (χ2n) is 5.34. The van der Waals surface area contributed by atoms with Gasteiger partial charge in [-0.25, -0.2) is 0 Å². The first-order valence-electron chi connectivity index (χ1n) is 7.47. The molecule has 0 bridgehead atoms. The predicted octanol–water partition coefficient (Wildman–Crippen LogP) is 4.63. The van der Waals surface area contributed by atoms with E-state index in [9.17, 15) is 4.79 Å². The summed E-state index contributed by atoms with van der Waals surface area (Å²) in [7, 11) is 0. The SMILES string of the molecule is CC(=O)OC(C)CCCc1ccccc1-c1ccccc1. The van der Waals surface area contributed by atoms with Gasteiger partial charge in [-0.3, -0.25) is 4.79 Å². The molecule has 21 heavy (non-hydrogen) atoms. The summed E-state index contributed by atoms with van der Waals surface area (Å²) in [6.07, 6.45) is 2.89. The second kappa shape index (κ2) is 7.63. The van der Waals surface area contributed by atoms with Crippen LogP contribution in [0.15, 0.2) is 54.6 Å². The molecule has 2 aromatic rings. The van der Waals surface area contributed by atoms with Crippen molar-refractivity contribution in [3.63, 3.8) is 0 Å². The monoisotopic (exact) mass is 282 g/mol. The van der Waals surface area contributed by atoms with Crippen molar-refractivity contribution in [1.29, 1.82) is 0 Å². The van der Waals surface area contributed by atoms with Gasteiger partial charge in [-0.1, -0.05) is 54.6 Å². The molecule has 0 saturated heterocycles. The Labute approximate surface area is 126 Å². The van der Waals surface area contributed by atoms with Crippen LogP contribution < -0.4 is 0 Å². The molecule has 0 amide bonds. The highest BCUT2D eigenvalue weighted by Gasteiger charge is 2.07. The largest absolute Gasteiger partial charge is 0.463 e. The van der Waals surface area contributed by atoms with Gasteiger partial charge in [0.15, 0.2) is 0 Å². The zero-order chi connectivity index (χ0) is 15.1. The summed E-state index contributed by atoms with van der Waals surface area (Å²) < 4.78 is 5.16. The van der Waals surface area contributed by atoms with Gasteiger partial charge in [0.25, 0.3) is 0 Å². The van der Waals surface area contributed by atoms with Crippen molar-refractivity contribution >= 4 is 5.97 Å². The lowest BCUT2D eigenvalue weighted by atomic mass is 9.96. The summed E-state index contributed by atoms with van der Waals surface area (Å²) in [5, 5.41) is 0. The van der Waals surface area contributed by atoms with Crippen LogP contribution >= 0.6 is 0 Å². The summed E-state index contributed by atoms with van der Waals surface area (Å²) >= 11 is 0. The molecule has 0 spiro atoms. The maximum Gasteiger partial charge on any atom is 0.302 e. The summed E-state index contributed by atoms with van der Waals surface area (Å²) in [4.78, 5) is 10.9. The molecule has 2 rings (SSSR count). The Morgan fingerprint density at radius 2 is 1.71 bits per heavy atom. The van der Waals surface area contributed by atoms with Crippen LogP contribution in [0.4, 0.5) is 0 Å². The van der Waals surface area contributed by atoms with Crippen LogP contribution in [-0.4, -0.2) is 12.1 Å². The number of benzene rings is 2. The minimum atomic E-state index is -0.202. The van der Waals surface area contributed by atoms with Crippen molar-refractivity contribution in [1.82, 2.24) is 0 Å². The molecule has 0 aliphatic rings. The van der Waals surface area contributed by atoms with Gasteiger partial charge in [-0.2, -0.15) is 0 Å². The van der Waals surface area contributed by atoms with E-state index in [1.165, 1.54) is 23.6 Å². The first-order valence-corrected chi connectivity index (χ1v) is 7.47. The number of carbonyl (C=O) groups excluding carboxylic acids is 1. The quantitative estimate of drug-likeness (QED) is 0.722. The number of aryl methyl sites for hydroxylation is 1. The number of hydrogen-bond acceptors (Lipinski definition) is 2. The molecule has 0 aliphatic carbocycles. The molecule has 0 aliphatic heterocycles. The van der Waals surface area contributed by atoms with Crippen molar-refractivity contribution in [3.05, 3.63) is 60.2 Å².